The highest BCUT2D eigenvalue weighted by molar-refractivity contribution is 5.91. The Labute approximate surface area is 233 Å². The van der Waals surface area contributed by atoms with Gasteiger partial charge in [-0.3, -0.25) is 14.7 Å². The minimum absolute atomic E-state index is 0.133. The first kappa shape index (κ1) is 27.1. The molecule has 2 heterocycles. The fraction of sp³-hybridized carbons (Fsp3) is 0.281. The Hall–Kier alpha value is -4.45. The largest absolute Gasteiger partial charge is 0.503 e. The summed E-state index contributed by atoms with van der Waals surface area (Å²) in [7, 11) is 1.62. The number of rotatable bonds is 11. The first-order chi connectivity index (χ1) is 19.6. The average Bonchev–Trinajstić information content (AvgIpc) is 2.99. The second-order valence-electron chi connectivity index (χ2n) is 9.55. The van der Waals surface area contributed by atoms with Crippen molar-refractivity contribution in [3.05, 3.63) is 95.5 Å². The first-order valence-electron chi connectivity index (χ1n) is 13.3. The molecule has 0 spiro atoms. The predicted octanol–water partition coefficient (Wildman–Crippen LogP) is 5.65. The summed E-state index contributed by atoms with van der Waals surface area (Å²) in [6.45, 7) is 12.2. The van der Waals surface area contributed by atoms with E-state index in [1.54, 1.807) is 31.5 Å². The fourth-order valence-electron chi connectivity index (χ4n) is 4.60. The molecule has 40 heavy (non-hydrogen) atoms. The van der Waals surface area contributed by atoms with E-state index in [0.29, 0.717) is 47.9 Å². The molecule has 8 nitrogen and oxygen atoms in total. The van der Waals surface area contributed by atoms with Crippen LogP contribution in [-0.2, 0) is 22.4 Å². The molecule has 0 bridgehead atoms. The number of aromatic nitrogens is 1. The van der Waals surface area contributed by atoms with Gasteiger partial charge in [-0.05, 0) is 53.6 Å². The Kier molecular flexibility index (Phi) is 8.86. The number of nitrogens with zero attached hydrogens (tertiary/aromatic N) is 3. The Morgan fingerprint density at radius 3 is 2.27 bits per heavy atom. The lowest BCUT2D eigenvalue weighted by Crippen LogP contribution is -2.38. The van der Waals surface area contributed by atoms with E-state index in [9.17, 15) is 4.79 Å². The smallest absolute Gasteiger partial charge is 0.229 e. The number of Topliss-reactive ketones (excluding diaryl/α,β-unsaturated/α-hetero) is 1. The number of carbonyl (C=O) groups excluding carboxylic acids is 1. The lowest BCUT2D eigenvalue weighted by molar-refractivity contribution is -0.117. The Morgan fingerprint density at radius 2 is 1.62 bits per heavy atom. The lowest BCUT2D eigenvalue weighted by Gasteiger charge is -2.26. The van der Waals surface area contributed by atoms with Gasteiger partial charge in [-0.2, -0.15) is 0 Å². The highest BCUT2D eigenvalue weighted by Crippen LogP contribution is 2.37. The number of methoxy groups -OCH3 is 1. The van der Waals surface area contributed by atoms with Gasteiger partial charge in [0.25, 0.3) is 0 Å². The van der Waals surface area contributed by atoms with Crippen molar-refractivity contribution in [2.75, 3.05) is 46.6 Å². The third-order valence-corrected chi connectivity index (χ3v) is 6.78. The number of morpholine rings is 1. The molecule has 0 N–H and O–H groups in total. The molecule has 0 amide bonds. The van der Waals surface area contributed by atoms with Gasteiger partial charge in [-0.1, -0.05) is 24.3 Å². The molecule has 1 fully saturated rings. The summed E-state index contributed by atoms with van der Waals surface area (Å²) in [5, 5.41) is 0.729. The van der Waals surface area contributed by atoms with E-state index in [2.05, 4.69) is 14.7 Å². The van der Waals surface area contributed by atoms with Crippen molar-refractivity contribution in [2.24, 2.45) is 0 Å². The third-order valence-electron chi connectivity index (χ3n) is 6.78. The quantitative estimate of drug-likeness (QED) is 0.229. The highest BCUT2D eigenvalue weighted by atomic mass is 16.5. The number of hydrogen-bond acceptors (Lipinski definition) is 7. The molecule has 0 saturated carbocycles. The number of fused-ring (bicyclic) bond motifs is 1. The monoisotopic (exact) mass is 537 g/mol. The van der Waals surface area contributed by atoms with Gasteiger partial charge in [0.2, 0.25) is 5.69 Å². The third kappa shape index (κ3) is 6.94. The van der Waals surface area contributed by atoms with Gasteiger partial charge in [-0.25, -0.2) is 4.85 Å². The zero-order chi connectivity index (χ0) is 27.7. The van der Waals surface area contributed by atoms with Crippen molar-refractivity contribution >= 4 is 22.4 Å². The molecular formula is C32H31N3O5. The van der Waals surface area contributed by atoms with E-state index < -0.39 is 0 Å². The summed E-state index contributed by atoms with van der Waals surface area (Å²) in [6, 6.07) is 20.4. The number of ketones is 1. The molecule has 204 valence electrons. The van der Waals surface area contributed by atoms with Gasteiger partial charge >= 0.3 is 0 Å². The van der Waals surface area contributed by atoms with Crippen molar-refractivity contribution in [3.8, 4) is 23.0 Å². The zero-order valence-corrected chi connectivity index (χ0v) is 22.5. The van der Waals surface area contributed by atoms with Crippen LogP contribution in [0.25, 0.3) is 15.7 Å². The molecule has 0 atom stereocenters. The number of benzene rings is 3. The van der Waals surface area contributed by atoms with Crippen molar-refractivity contribution in [3.63, 3.8) is 0 Å². The van der Waals surface area contributed by atoms with Crippen LogP contribution in [0.2, 0.25) is 0 Å². The molecule has 8 heteroatoms. The molecule has 1 aliphatic heterocycles. The average molecular weight is 538 g/mol. The van der Waals surface area contributed by atoms with Gasteiger partial charge in [0.05, 0.1) is 39.0 Å². The van der Waals surface area contributed by atoms with Crippen LogP contribution in [0.4, 0.5) is 5.69 Å². The molecule has 0 unspecified atom stereocenters. The van der Waals surface area contributed by atoms with Crippen LogP contribution in [0, 0.1) is 6.57 Å². The predicted molar refractivity (Wildman–Crippen MR) is 153 cm³/mol. The van der Waals surface area contributed by atoms with Gasteiger partial charge in [0, 0.05) is 44.1 Å². The van der Waals surface area contributed by atoms with Crippen LogP contribution in [0.1, 0.15) is 11.1 Å². The Balaban J connectivity index is 1.22. The van der Waals surface area contributed by atoms with E-state index in [-0.39, 0.29) is 5.78 Å². The normalized spacial score (nSPS) is 13.5. The van der Waals surface area contributed by atoms with Crippen LogP contribution in [0.15, 0.2) is 72.9 Å². The standard InChI is InChI=1S/C32H31N3O5/c1-33-30-21-28-29(22-32(30)39-18-15-35-13-16-38-17-14-35)34-12-11-31(28)40-27-9-5-24(6-10-27)20-25(36)19-23-3-7-26(37-2)8-4-23/h3-12,21-22H,13-20H2,2H3. The van der Waals surface area contributed by atoms with Gasteiger partial charge in [-0.15, -0.1) is 0 Å². The van der Waals surface area contributed by atoms with E-state index in [0.717, 1.165) is 55.1 Å². The molecule has 5 rings (SSSR count). The molecule has 4 aromatic rings. The summed E-state index contributed by atoms with van der Waals surface area (Å²) >= 11 is 0. The summed E-state index contributed by atoms with van der Waals surface area (Å²) < 4.78 is 22.7. The number of carbonyl (C=O) groups is 1. The van der Waals surface area contributed by atoms with Crippen molar-refractivity contribution in [2.45, 2.75) is 12.8 Å². The zero-order valence-electron chi connectivity index (χ0n) is 22.5. The van der Waals surface area contributed by atoms with E-state index in [4.69, 9.17) is 25.5 Å². The van der Waals surface area contributed by atoms with Crippen LogP contribution >= 0.6 is 0 Å². The Morgan fingerprint density at radius 1 is 0.950 bits per heavy atom. The number of pyridine rings is 1. The molecule has 0 aliphatic carbocycles. The fourth-order valence-corrected chi connectivity index (χ4v) is 4.60. The second-order valence-corrected chi connectivity index (χ2v) is 9.55. The first-order valence-corrected chi connectivity index (χ1v) is 13.3. The van der Waals surface area contributed by atoms with Crippen LogP contribution in [0.5, 0.6) is 23.0 Å². The molecule has 1 aromatic heterocycles. The minimum Gasteiger partial charge on any atom is -0.503 e. The minimum atomic E-state index is 0.133. The van der Waals surface area contributed by atoms with Gasteiger partial charge in [0.1, 0.15) is 28.8 Å². The molecule has 0 radical (unpaired) electrons. The van der Waals surface area contributed by atoms with E-state index in [1.165, 1.54) is 0 Å². The second kappa shape index (κ2) is 13.1. The maximum absolute atomic E-state index is 12.6. The molecule has 3 aromatic carbocycles. The Bertz CT molecular complexity index is 1490. The molecular weight excluding hydrogens is 506 g/mol. The van der Waals surface area contributed by atoms with Crippen LogP contribution < -0.4 is 14.2 Å². The van der Waals surface area contributed by atoms with Crippen molar-refractivity contribution in [1.29, 1.82) is 0 Å². The van der Waals surface area contributed by atoms with Crippen LogP contribution in [-0.4, -0.2) is 62.2 Å². The van der Waals surface area contributed by atoms with Gasteiger partial charge in [0.15, 0.2) is 0 Å². The number of hydrogen-bond donors (Lipinski definition) is 0. The van der Waals surface area contributed by atoms with Crippen molar-refractivity contribution < 1.29 is 23.7 Å². The summed E-state index contributed by atoms with van der Waals surface area (Å²) in [4.78, 5) is 23.0. The highest BCUT2D eigenvalue weighted by Gasteiger charge is 2.14. The molecule has 1 aliphatic rings. The summed E-state index contributed by atoms with van der Waals surface area (Å²) in [6.07, 6.45) is 2.39. The SMILES string of the molecule is [C-]#[N+]c1cc2c(Oc3ccc(CC(=O)Cc4ccc(OC)cc4)cc3)ccnc2cc1OCCN1CCOCC1. The number of ether oxygens (including phenoxy) is 4. The summed E-state index contributed by atoms with van der Waals surface area (Å²) in [5.41, 5.74) is 2.98. The lowest BCUT2D eigenvalue weighted by atomic mass is 10.0. The maximum atomic E-state index is 12.6. The van der Waals surface area contributed by atoms with Crippen LogP contribution in [0.3, 0.4) is 0 Å². The molecule has 1 saturated heterocycles. The maximum Gasteiger partial charge on any atom is 0.229 e. The topological polar surface area (TPSA) is 74.5 Å². The van der Waals surface area contributed by atoms with E-state index in [1.807, 2.05) is 48.5 Å². The van der Waals surface area contributed by atoms with Crippen molar-refractivity contribution in [1.82, 2.24) is 9.88 Å². The van der Waals surface area contributed by atoms with Gasteiger partial charge < -0.3 is 18.9 Å². The van der Waals surface area contributed by atoms with E-state index >= 15 is 0 Å². The summed E-state index contributed by atoms with van der Waals surface area (Å²) in [5.74, 6) is 2.65.